The largest absolute Gasteiger partial charge is 0.353 e. The second-order valence-corrected chi connectivity index (χ2v) is 10.0. The van der Waals surface area contributed by atoms with E-state index in [1.54, 1.807) is 27.8 Å². The van der Waals surface area contributed by atoms with Crippen LogP contribution in [0.3, 0.4) is 0 Å². The molecule has 0 radical (unpaired) electrons. The number of anilines is 1. The fourth-order valence-electron chi connectivity index (χ4n) is 5.04. The summed E-state index contributed by atoms with van der Waals surface area (Å²) < 4.78 is 3.41. The number of hydrogen-bond donors (Lipinski definition) is 0. The molecule has 4 aromatic heterocycles. The molecule has 11 heteroatoms. The SMILES string of the molecule is CCCN(C)CCCC(=O)N1CCN(c2ccc(-c3nc(-c4cnn(C)c4)cn4ncc(C#N)c34)cn2)CC1. The number of aryl methyl sites for hydroxylation is 1. The molecule has 1 aliphatic heterocycles. The van der Waals surface area contributed by atoms with Crippen LogP contribution in [0.2, 0.25) is 0 Å². The van der Waals surface area contributed by atoms with Gasteiger partial charge in [0.15, 0.2) is 0 Å². The van der Waals surface area contributed by atoms with Crippen molar-refractivity contribution in [1.29, 1.82) is 5.26 Å². The fraction of sp³-hybridized carbons (Fsp3) is 0.429. The molecular formula is C28H34N10O. The van der Waals surface area contributed by atoms with Crippen molar-refractivity contribution in [1.82, 2.24) is 39.2 Å². The first kappa shape index (κ1) is 26.3. The van der Waals surface area contributed by atoms with Crippen LogP contribution in [0.25, 0.3) is 28.0 Å². The van der Waals surface area contributed by atoms with E-state index in [1.807, 2.05) is 36.5 Å². The highest BCUT2D eigenvalue weighted by Gasteiger charge is 2.22. The lowest BCUT2D eigenvalue weighted by atomic mass is 10.1. The number of piperazine rings is 1. The Hall–Kier alpha value is -4.30. The van der Waals surface area contributed by atoms with Crippen LogP contribution < -0.4 is 4.90 Å². The highest BCUT2D eigenvalue weighted by Crippen LogP contribution is 2.29. The van der Waals surface area contributed by atoms with Gasteiger partial charge in [-0.05, 0) is 45.1 Å². The third-order valence-corrected chi connectivity index (χ3v) is 7.13. The van der Waals surface area contributed by atoms with Crippen molar-refractivity contribution < 1.29 is 4.79 Å². The number of carbonyl (C=O) groups excluding carboxylic acids is 1. The third-order valence-electron chi connectivity index (χ3n) is 7.13. The van der Waals surface area contributed by atoms with Crippen molar-refractivity contribution in [2.45, 2.75) is 26.2 Å². The molecule has 0 aromatic carbocycles. The van der Waals surface area contributed by atoms with E-state index in [1.165, 1.54) is 0 Å². The summed E-state index contributed by atoms with van der Waals surface area (Å²) in [5.74, 6) is 1.10. The summed E-state index contributed by atoms with van der Waals surface area (Å²) in [6.45, 7) is 7.08. The number of carbonyl (C=O) groups is 1. The zero-order valence-corrected chi connectivity index (χ0v) is 22.8. The lowest BCUT2D eigenvalue weighted by molar-refractivity contribution is -0.131. The molecule has 39 heavy (non-hydrogen) atoms. The molecule has 202 valence electrons. The summed E-state index contributed by atoms with van der Waals surface area (Å²) in [6.07, 6.45) is 11.4. The molecule has 1 fully saturated rings. The number of nitriles is 1. The molecule has 0 atom stereocenters. The molecule has 1 amide bonds. The van der Waals surface area contributed by atoms with Gasteiger partial charge in [0.1, 0.15) is 23.0 Å². The molecule has 0 N–H and O–H groups in total. The predicted molar refractivity (Wildman–Crippen MR) is 149 cm³/mol. The van der Waals surface area contributed by atoms with Crippen LogP contribution in [0.1, 0.15) is 31.7 Å². The Bertz CT molecular complexity index is 1470. The minimum atomic E-state index is 0.237. The first-order valence-corrected chi connectivity index (χ1v) is 13.4. The number of pyridine rings is 1. The quantitative estimate of drug-likeness (QED) is 0.327. The van der Waals surface area contributed by atoms with Gasteiger partial charge >= 0.3 is 0 Å². The van der Waals surface area contributed by atoms with Gasteiger partial charge < -0.3 is 14.7 Å². The first-order chi connectivity index (χ1) is 19.0. The Morgan fingerprint density at radius 2 is 1.87 bits per heavy atom. The summed E-state index contributed by atoms with van der Waals surface area (Å²) in [5.41, 5.74) is 4.11. The van der Waals surface area contributed by atoms with Gasteiger partial charge in [-0.25, -0.2) is 14.5 Å². The fourth-order valence-corrected chi connectivity index (χ4v) is 5.04. The van der Waals surface area contributed by atoms with Crippen LogP contribution >= 0.6 is 0 Å². The smallest absolute Gasteiger partial charge is 0.222 e. The summed E-state index contributed by atoms with van der Waals surface area (Å²) in [5, 5.41) is 18.3. The highest BCUT2D eigenvalue weighted by atomic mass is 16.2. The van der Waals surface area contributed by atoms with Crippen molar-refractivity contribution in [3.05, 3.63) is 48.7 Å². The zero-order valence-electron chi connectivity index (χ0n) is 22.8. The number of nitrogens with zero attached hydrogens (tertiary/aromatic N) is 10. The predicted octanol–water partition coefficient (Wildman–Crippen LogP) is 2.83. The maximum atomic E-state index is 12.7. The highest BCUT2D eigenvalue weighted by molar-refractivity contribution is 5.83. The molecule has 4 aromatic rings. The van der Waals surface area contributed by atoms with E-state index in [0.29, 0.717) is 42.0 Å². The normalized spacial score (nSPS) is 13.8. The van der Waals surface area contributed by atoms with E-state index in [2.05, 4.69) is 40.0 Å². The van der Waals surface area contributed by atoms with Crippen LogP contribution in [0.15, 0.2) is 43.1 Å². The molecule has 0 saturated carbocycles. The molecule has 5 rings (SSSR count). The van der Waals surface area contributed by atoms with Gasteiger partial charge in [0.05, 0.1) is 30.0 Å². The second-order valence-electron chi connectivity index (χ2n) is 10.0. The third kappa shape index (κ3) is 5.76. The van der Waals surface area contributed by atoms with Crippen LogP contribution in [0.5, 0.6) is 0 Å². The summed E-state index contributed by atoms with van der Waals surface area (Å²) >= 11 is 0. The van der Waals surface area contributed by atoms with Crippen molar-refractivity contribution >= 4 is 17.2 Å². The van der Waals surface area contributed by atoms with E-state index in [4.69, 9.17) is 9.97 Å². The number of fused-ring (bicyclic) bond motifs is 1. The molecule has 1 saturated heterocycles. The molecular weight excluding hydrogens is 492 g/mol. The second kappa shape index (κ2) is 11.6. The van der Waals surface area contributed by atoms with Crippen LogP contribution in [0, 0.1) is 11.3 Å². The summed E-state index contributed by atoms with van der Waals surface area (Å²) in [7, 11) is 3.97. The first-order valence-electron chi connectivity index (χ1n) is 13.4. The summed E-state index contributed by atoms with van der Waals surface area (Å²) in [6, 6.07) is 6.18. The number of aromatic nitrogens is 6. The van der Waals surface area contributed by atoms with Gasteiger partial charge in [0.2, 0.25) is 5.91 Å². The van der Waals surface area contributed by atoms with E-state index < -0.39 is 0 Å². The molecule has 0 spiro atoms. The van der Waals surface area contributed by atoms with Crippen LogP contribution in [-0.2, 0) is 11.8 Å². The lowest BCUT2D eigenvalue weighted by Crippen LogP contribution is -2.49. The molecule has 1 aliphatic rings. The monoisotopic (exact) mass is 526 g/mol. The van der Waals surface area contributed by atoms with Gasteiger partial charge in [-0.1, -0.05) is 6.92 Å². The maximum Gasteiger partial charge on any atom is 0.222 e. The van der Waals surface area contributed by atoms with Gasteiger partial charge in [-0.3, -0.25) is 9.48 Å². The van der Waals surface area contributed by atoms with E-state index in [0.717, 1.165) is 56.0 Å². The Kier molecular flexibility index (Phi) is 7.84. The minimum absolute atomic E-state index is 0.237. The van der Waals surface area contributed by atoms with Gasteiger partial charge in [0, 0.05) is 63.2 Å². The topological polar surface area (TPSA) is 111 Å². The Morgan fingerprint density at radius 3 is 2.54 bits per heavy atom. The van der Waals surface area contributed by atoms with E-state index in [9.17, 15) is 10.1 Å². The molecule has 5 heterocycles. The van der Waals surface area contributed by atoms with E-state index in [-0.39, 0.29) is 5.91 Å². The number of amides is 1. The average Bonchev–Trinajstić information content (AvgIpc) is 3.59. The Morgan fingerprint density at radius 1 is 1.05 bits per heavy atom. The van der Waals surface area contributed by atoms with Gasteiger partial charge in [0.25, 0.3) is 0 Å². The molecule has 11 nitrogen and oxygen atoms in total. The molecule has 0 bridgehead atoms. The van der Waals surface area contributed by atoms with Crippen molar-refractivity contribution in [3.63, 3.8) is 0 Å². The van der Waals surface area contributed by atoms with Gasteiger partial charge in [-0.2, -0.15) is 15.5 Å². The average molecular weight is 527 g/mol. The summed E-state index contributed by atoms with van der Waals surface area (Å²) in [4.78, 5) is 28.8. The van der Waals surface area contributed by atoms with E-state index >= 15 is 0 Å². The lowest BCUT2D eigenvalue weighted by Gasteiger charge is -2.35. The number of rotatable bonds is 9. The molecule has 0 unspecified atom stereocenters. The van der Waals surface area contributed by atoms with Crippen LogP contribution in [-0.4, -0.2) is 91.4 Å². The maximum absolute atomic E-state index is 12.7. The standard InChI is InChI=1S/C28H34N10O/c1-4-9-34(2)10-5-6-26(39)37-13-11-36(12-14-37)25-8-7-21(16-30-25)27-28-22(15-29)17-32-38(28)20-24(33-27)23-18-31-35(3)19-23/h7-8,16-20H,4-6,9-14H2,1-3H3. The van der Waals surface area contributed by atoms with Crippen LogP contribution in [0.4, 0.5) is 5.82 Å². The van der Waals surface area contributed by atoms with Crippen molar-refractivity contribution in [3.8, 4) is 28.6 Å². The zero-order chi connectivity index (χ0) is 27.4. The number of hydrogen-bond acceptors (Lipinski definition) is 8. The molecule has 0 aliphatic carbocycles. The van der Waals surface area contributed by atoms with Crippen molar-refractivity contribution in [2.24, 2.45) is 7.05 Å². The van der Waals surface area contributed by atoms with Gasteiger partial charge in [-0.15, -0.1) is 0 Å². The Balaban J connectivity index is 1.28. The van der Waals surface area contributed by atoms with Crippen molar-refractivity contribution in [2.75, 3.05) is 51.2 Å². The Labute approximate surface area is 228 Å². The minimum Gasteiger partial charge on any atom is -0.353 e.